The van der Waals surface area contributed by atoms with Gasteiger partial charge < -0.3 is 0 Å². The molecular weight excluding hydrogens is 183 g/mol. The van der Waals surface area contributed by atoms with E-state index in [2.05, 4.69) is 4.98 Å². The van der Waals surface area contributed by atoms with Crippen molar-refractivity contribution in [3.05, 3.63) is 28.0 Å². The number of hydrogen-bond acceptors (Lipinski definition) is 2. The Bertz CT molecular complexity index is 304. The Morgan fingerprint density at radius 1 is 1.55 bits per heavy atom. The highest BCUT2D eigenvalue weighted by atomic mass is 35.5. The number of nitriles is 1. The molecule has 0 fully saturated rings. The second kappa shape index (κ2) is 3.56. The molecule has 0 bridgehead atoms. The predicted octanol–water partition coefficient (Wildman–Crippen LogP) is 2.45. The van der Waals surface area contributed by atoms with Gasteiger partial charge in [0.05, 0.1) is 17.5 Å². The van der Waals surface area contributed by atoms with Crippen molar-refractivity contribution in [1.29, 1.82) is 5.26 Å². The minimum atomic E-state index is 0.272. The average molecular weight is 187 g/mol. The van der Waals surface area contributed by atoms with Gasteiger partial charge in [0.15, 0.2) is 0 Å². The Morgan fingerprint density at radius 2 is 2.27 bits per heavy atom. The molecule has 0 saturated carbocycles. The lowest BCUT2D eigenvalue weighted by Crippen LogP contribution is -1.84. The molecule has 0 amide bonds. The van der Waals surface area contributed by atoms with E-state index >= 15 is 0 Å². The largest absolute Gasteiger partial charge is 0.243 e. The van der Waals surface area contributed by atoms with Crippen LogP contribution in [0.25, 0.3) is 0 Å². The van der Waals surface area contributed by atoms with Crippen LogP contribution in [0, 0.1) is 11.3 Å². The summed E-state index contributed by atoms with van der Waals surface area (Å²) in [7, 11) is 0. The van der Waals surface area contributed by atoms with Crippen LogP contribution in [0.2, 0.25) is 10.2 Å². The number of hydrogen-bond donors (Lipinski definition) is 0. The summed E-state index contributed by atoms with van der Waals surface area (Å²) in [6, 6.07) is 3.63. The van der Waals surface area contributed by atoms with Crippen LogP contribution in [0.3, 0.4) is 0 Å². The molecule has 0 unspecified atom stereocenters. The highest BCUT2D eigenvalue weighted by Crippen LogP contribution is 2.19. The van der Waals surface area contributed by atoms with Gasteiger partial charge in [-0.1, -0.05) is 23.2 Å². The van der Waals surface area contributed by atoms with Crippen molar-refractivity contribution < 1.29 is 0 Å². The summed E-state index contributed by atoms with van der Waals surface area (Å²) in [5, 5.41) is 8.99. The van der Waals surface area contributed by atoms with E-state index in [1.807, 2.05) is 6.07 Å². The number of aromatic nitrogens is 1. The molecule has 0 saturated heterocycles. The maximum absolute atomic E-state index is 8.33. The third-order valence-corrected chi connectivity index (χ3v) is 1.82. The quantitative estimate of drug-likeness (QED) is 0.633. The fourth-order valence-electron chi connectivity index (χ4n) is 0.649. The van der Waals surface area contributed by atoms with Gasteiger partial charge in [-0.25, -0.2) is 4.98 Å². The maximum Gasteiger partial charge on any atom is 0.147 e. The van der Waals surface area contributed by atoms with Gasteiger partial charge in [-0.2, -0.15) is 5.26 Å². The summed E-state index contributed by atoms with van der Waals surface area (Å²) in [5.74, 6) is 0. The minimum absolute atomic E-state index is 0.272. The first-order valence-electron chi connectivity index (χ1n) is 2.91. The highest BCUT2D eigenvalue weighted by Gasteiger charge is 1.99. The Labute approximate surface area is 74.4 Å². The van der Waals surface area contributed by atoms with Crippen LogP contribution in [-0.4, -0.2) is 4.98 Å². The summed E-state index contributed by atoms with van der Waals surface area (Å²) in [6.45, 7) is 0. The molecule has 0 spiro atoms. The van der Waals surface area contributed by atoms with Crippen LogP contribution in [0.4, 0.5) is 0 Å². The fraction of sp³-hybridized carbons (Fsp3) is 0.143. The first kappa shape index (κ1) is 8.32. The van der Waals surface area contributed by atoms with E-state index in [1.54, 1.807) is 6.07 Å². The van der Waals surface area contributed by atoms with Crippen LogP contribution in [0.15, 0.2) is 12.3 Å². The highest BCUT2D eigenvalue weighted by molar-refractivity contribution is 6.41. The van der Waals surface area contributed by atoms with Crippen molar-refractivity contribution in [2.45, 2.75) is 6.42 Å². The second-order valence-corrected chi connectivity index (χ2v) is 2.72. The molecule has 0 aromatic carbocycles. The van der Waals surface area contributed by atoms with Gasteiger partial charge in [-0.3, -0.25) is 0 Å². The molecule has 1 rings (SSSR count). The van der Waals surface area contributed by atoms with E-state index in [9.17, 15) is 0 Å². The van der Waals surface area contributed by atoms with Gasteiger partial charge in [0.1, 0.15) is 5.15 Å². The first-order chi connectivity index (χ1) is 5.24. The SMILES string of the molecule is N#CCc1cnc(Cl)c(Cl)c1. The van der Waals surface area contributed by atoms with Gasteiger partial charge in [0.2, 0.25) is 0 Å². The van der Waals surface area contributed by atoms with Gasteiger partial charge in [-0.05, 0) is 11.6 Å². The molecule has 0 radical (unpaired) electrons. The summed E-state index contributed by atoms with van der Waals surface area (Å²) < 4.78 is 0. The Kier molecular flexibility index (Phi) is 2.70. The maximum atomic E-state index is 8.33. The van der Waals surface area contributed by atoms with Gasteiger partial charge >= 0.3 is 0 Å². The lowest BCUT2D eigenvalue weighted by atomic mass is 10.2. The van der Waals surface area contributed by atoms with Gasteiger partial charge in [0, 0.05) is 6.20 Å². The van der Waals surface area contributed by atoms with Crippen molar-refractivity contribution in [2.75, 3.05) is 0 Å². The number of halogens is 2. The molecule has 0 N–H and O–H groups in total. The van der Waals surface area contributed by atoms with Crippen LogP contribution in [0.5, 0.6) is 0 Å². The van der Waals surface area contributed by atoms with Crippen molar-refractivity contribution in [2.24, 2.45) is 0 Å². The molecule has 56 valence electrons. The summed E-state index contributed by atoms with van der Waals surface area (Å²) >= 11 is 11.2. The summed E-state index contributed by atoms with van der Waals surface area (Å²) in [5.41, 5.74) is 0.780. The molecule has 0 aliphatic heterocycles. The predicted molar refractivity (Wildman–Crippen MR) is 43.6 cm³/mol. The molecule has 4 heteroatoms. The van der Waals surface area contributed by atoms with Crippen LogP contribution >= 0.6 is 23.2 Å². The standard InChI is InChI=1S/C7H4Cl2N2/c8-6-3-5(1-2-10)4-11-7(6)9/h3-4H,1H2. The second-order valence-electron chi connectivity index (χ2n) is 1.95. The van der Waals surface area contributed by atoms with Crippen LogP contribution in [0.1, 0.15) is 5.56 Å². The number of nitrogens with zero attached hydrogens (tertiary/aromatic N) is 2. The zero-order chi connectivity index (χ0) is 8.27. The molecule has 0 aliphatic rings. The fourth-order valence-corrected chi connectivity index (χ4v) is 0.941. The van der Waals surface area contributed by atoms with E-state index in [-0.39, 0.29) is 5.15 Å². The average Bonchev–Trinajstić information content (AvgIpc) is 1.98. The van der Waals surface area contributed by atoms with Crippen LogP contribution in [-0.2, 0) is 6.42 Å². The molecule has 1 aromatic rings. The van der Waals surface area contributed by atoms with Crippen molar-refractivity contribution in [1.82, 2.24) is 4.98 Å². The lowest BCUT2D eigenvalue weighted by molar-refractivity contribution is 1.19. The topological polar surface area (TPSA) is 36.7 Å². The first-order valence-corrected chi connectivity index (χ1v) is 3.66. The van der Waals surface area contributed by atoms with Crippen molar-refractivity contribution >= 4 is 23.2 Å². The van der Waals surface area contributed by atoms with Crippen molar-refractivity contribution in [3.63, 3.8) is 0 Å². The molecular formula is C7H4Cl2N2. The lowest BCUT2D eigenvalue weighted by Gasteiger charge is -1.95. The van der Waals surface area contributed by atoms with E-state index in [0.29, 0.717) is 11.4 Å². The van der Waals surface area contributed by atoms with E-state index < -0.39 is 0 Å². The number of rotatable bonds is 1. The van der Waals surface area contributed by atoms with E-state index in [1.165, 1.54) is 6.20 Å². The normalized spacial score (nSPS) is 9.18. The third kappa shape index (κ3) is 2.07. The van der Waals surface area contributed by atoms with E-state index in [0.717, 1.165) is 5.56 Å². The number of pyridine rings is 1. The molecule has 0 atom stereocenters. The molecule has 1 aromatic heterocycles. The van der Waals surface area contributed by atoms with Crippen molar-refractivity contribution in [3.8, 4) is 6.07 Å². The zero-order valence-corrected chi connectivity index (χ0v) is 7.02. The molecule has 1 heterocycles. The third-order valence-electron chi connectivity index (χ3n) is 1.14. The Balaban J connectivity index is 2.98. The van der Waals surface area contributed by atoms with Gasteiger partial charge in [0.25, 0.3) is 0 Å². The zero-order valence-electron chi connectivity index (χ0n) is 5.51. The molecule has 2 nitrogen and oxygen atoms in total. The Morgan fingerprint density at radius 3 is 2.82 bits per heavy atom. The smallest absolute Gasteiger partial charge is 0.147 e. The summed E-state index contributed by atoms with van der Waals surface area (Å²) in [6.07, 6.45) is 1.85. The molecule has 0 aliphatic carbocycles. The van der Waals surface area contributed by atoms with Crippen LogP contribution < -0.4 is 0 Å². The van der Waals surface area contributed by atoms with E-state index in [4.69, 9.17) is 28.5 Å². The monoisotopic (exact) mass is 186 g/mol. The Hall–Kier alpha value is -0.780. The van der Waals surface area contributed by atoms with Gasteiger partial charge in [-0.15, -0.1) is 0 Å². The summed E-state index contributed by atoms with van der Waals surface area (Å²) in [4.78, 5) is 3.78. The minimum Gasteiger partial charge on any atom is -0.243 e. The molecule has 11 heavy (non-hydrogen) atoms.